The Morgan fingerprint density at radius 1 is 1.00 bits per heavy atom. The van der Waals surface area contributed by atoms with Crippen molar-refractivity contribution in [3.05, 3.63) is 36.8 Å². The van der Waals surface area contributed by atoms with E-state index in [0.717, 1.165) is 11.1 Å². The van der Waals surface area contributed by atoms with E-state index in [1.165, 1.54) is 0 Å². The van der Waals surface area contributed by atoms with E-state index in [4.69, 9.17) is 5.73 Å². The summed E-state index contributed by atoms with van der Waals surface area (Å²) in [5.41, 5.74) is 7.55. The summed E-state index contributed by atoms with van der Waals surface area (Å²) in [5.74, 6) is 0.439. The van der Waals surface area contributed by atoms with E-state index in [0.29, 0.717) is 5.82 Å². The van der Waals surface area contributed by atoms with Crippen LogP contribution in [0, 0.1) is 0 Å². The Balaban J connectivity index is 2.54. The molecule has 0 unspecified atom stereocenters. The predicted molar refractivity (Wildman–Crippen MR) is 49.7 cm³/mol. The molecule has 0 saturated heterocycles. The fourth-order valence-corrected chi connectivity index (χ4v) is 1.12. The highest BCUT2D eigenvalue weighted by atomic mass is 15.1. The Bertz CT molecular complexity index is 399. The van der Waals surface area contributed by atoms with E-state index < -0.39 is 0 Å². The molecule has 0 amide bonds. The molecule has 2 N–H and O–H groups in total. The lowest BCUT2D eigenvalue weighted by molar-refractivity contribution is 1.04. The first-order valence-electron chi connectivity index (χ1n) is 3.85. The fourth-order valence-electron chi connectivity index (χ4n) is 1.12. The van der Waals surface area contributed by atoms with Gasteiger partial charge in [0.25, 0.3) is 0 Å². The molecule has 0 radical (unpaired) electrons. The van der Waals surface area contributed by atoms with Crippen LogP contribution in [0.1, 0.15) is 0 Å². The van der Waals surface area contributed by atoms with Gasteiger partial charge in [-0.05, 0) is 23.8 Å². The zero-order valence-electron chi connectivity index (χ0n) is 6.88. The molecular weight excluding hydrogens is 164 g/mol. The van der Waals surface area contributed by atoms with Gasteiger partial charge in [-0.15, -0.1) is 5.10 Å². The van der Waals surface area contributed by atoms with Crippen LogP contribution >= 0.6 is 0 Å². The van der Waals surface area contributed by atoms with Gasteiger partial charge in [0.15, 0.2) is 5.82 Å². The van der Waals surface area contributed by atoms with Gasteiger partial charge in [-0.2, -0.15) is 5.10 Å². The number of hydrogen-bond donors (Lipinski definition) is 1. The zero-order chi connectivity index (χ0) is 9.10. The summed E-state index contributed by atoms with van der Waals surface area (Å²) >= 11 is 0. The quantitative estimate of drug-likeness (QED) is 0.700. The number of nitrogen functional groups attached to an aromatic ring is 1. The van der Waals surface area contributed by atoms with E-state index in [9.17, 15) is 0 Å². The normalized spacial score (nSPS) is 9.85. The lowest BCUT2D eigenvalue weighted by Gasteiger charge is -2.01. The number of nitrogens with zero attached hydrogens (tertiary/aromatic N) is 3. The summed E-state index contributed by atoms with van der Waals surface area (Å²) < 4.78 is 0. The van der Waals surface area contributed by atoms with Gasteiger partial charge >= 0.3 is 0 Å². The lowest BCUT2D eigenvalue weighted by Crippen LogP contribution is -1.95. The minimum atomic E-state index is 0.439. The summed E-state index contributed by atoms with van der Waals surface area (Å²) in [7, 11) is 0. The first-order chi connectivity index (χ1) is 6.38. The smallest absolute Gasteiger partial charge is 0.153 e. The average molecular weight is 172 g/mol. The van der Waals surface area contributed by atoms with Crippen molar-refractivity contribution < 1.29 is 0 Å². The van der Waals surface area contributed by atoms with Crippen molar-refractivity contribution in [2.45, 2.75) is 0 Å². The molecule has 2 aromatic heterocycles. The molecule has 64 valence electrons. The number of nitrogens with two attached hydrogens (primary N) is 1. The first kappa shape index (κ1) is 7.67. The second kappa shape index (κ2) is 3.18. The molecule has 2 heterocycles. The van der Waals surface area contributed by atoms with Crippen LogP contribution in [0.5, 0.6) is 0 Å². The Kier molecular flexibility index (Phi) is 1.88. The molecule has 0 aliphatic rings. The second-order valence-electron chi connectivity index (χ2n) is 2.57. The molecule has 4 nitrogen and oxygen atoms in total. The van der Waals surface area contributed by atoms with Gasteiger partial charge < -0.3 is 5.73 Å². The van der Waals surface area contributed by atoms with Crippen LogP contribution in [-0.4, -0.2) is 15.2 Å². The van der Waals surface area contributed by atoms with Crippen molar-refractivity contribution in [3.8, 4) is 11.1 Å². The highest BCUT2D eigenvalue weighted by molar-refractivity contribution is 5.72. The zero-order valence-corrected chi connectivity index (χ0v) is 6.88. The number of rotatable bonds is 1. The maximum atomic E-state index is 5.66. The number of aromatic nitrogens is 3. The second-order valence-corrected chi connectivity index (χ2v) is 2.57. The number of pyridine rings is 1. The van der Waals surface area contributed by atoms with Gasteiger partial charge in [-0.25, -0.2) is 0 Å². The minimum Gasteiger partial charge on any atom is -0.382 e. The molecule has 0 aliphatic carbocycles. The Morgan fingerprint density at radius 2 is 1.77 bits per heavy atom. The Morgan fingerprint density at radius 3 is 2.46 bits per heavy atom. The SMILES string of the molecule is Nc1nnccc1-c1ccncc1. The van der Waals surface area contributed by atoms with Crippen molar-refractivity contribution >= 4 is 5.82 Å². The van der Waals surface area contributed by atoms with Gasteiger partial charge in [-0.3, -0.25) is 4.98 Å². The molecule has 4 heteroatoms. The fraction of sp³-hybridized carbons (Fsp3) is 0. The maximum Gasteiger partial charge on any atom is 0.153 e. The van der Waals surface area contributed by atoms with Crippen molar-refractivity contribution in [3.63, 3.8) is 0 Å². The van der Waals surface area contributed by atoms with Crippen LogP contribution in [0.4, 0.5) is 5.82 Å². The molecule has 2 aromatic rings. The molecule has 0 aromatic carbocycles. The largest absolute Gasteiger partial charge is 0.382 e. The Labute approximate surface area is 75.5 Å². The minimum absolute atomic E-state index is 0.439. The van der Waals surface area contributed by atoms with Crippen molar-refractivity contribution in [1.82, 2.24) is 15.2 Å². The van der Waals surface area contributed by atoms with Gasteiger partial charge in [0.1, 0.15) is 0 Å². The molecule has 0 fully saturated rings. The average Bonchev–Trinajstić information content (AvgIpc) is 2.20. The van der Waals surface area contributed by atoms with E-state index in [2.05, 4.69) is 15.2 Å². The maximum absolute atomic E-state index is 5.66. The summed E-state index contributed by atoms with van der Waals surface area (Å²) in [6, 6.07) is 5.60. The molecule has 0 atom stereocenters. The highest BCUT2D eigenvalue weighted by Gasteiger charge is 2.01. The molecule has 0 aliphatic heterocycles. The summed E-state index contributed by atoms with van der Waals surface area (Å²) in [6.07, 6.45) is 5.05. The first-order valence-corrected chi connectivity index (χ1v) is 3.85. The third-order valence-electron chi connectivity index (χ3n) is 1.74. The Hall–Kier alpha value is -1.97. The van der Waals surface area contributed by atoms with Gasteiger partial charge in [0.05, 0.1) is 6.20 Å². The summed E-state index contributed by atoms with van der Waals surface area (Å²) in [4.78, 5) is 3.92. The van der Waals surface area contributed by atoms with Crippen LogP contribution in [0.15, 0.2) is 36.8 Å². The van der Waals surface area contributed by atoms with E-state index >= 15 is 0 Å². The van der Waals surface area contributed by atoms with E-state index in [1.54, 1.807) is 18.6 Å². The molecule has 2 rings (SSSR count). The summed E-state index contributed by atoms with van der Waals surface area (Å²) in [5, 5.41) is 7.44. The van der Waals surface area contributed by atoms with Crippen LogP contribution < -0.4 is 5.73 Å². The van der Waals surface area contributed by atoms with E-state index in [-0.39, 0.29) is 0 Å². The van der Waals surface area contributed by atoms with Gasteiger partial charge in [0, 0.05) is 18.0 Å². The third kappa shape index (κ3) is 1.46. The van der Waals surface area contributed by atoms with Crippen molar-refractivity contribution in [2.24, 2.45) is 0 Å². The van der Waals surface area contributed by atoms with Crippen LogP contribution in [-0.2, 0) is 0 Å². The molecule has 0 bridgehead atoms. The lowest BCUT2D eigenvalue weighted by atomic mass is 10.1. The monoisotopic (exact) mass is 172 g/mol. The van der Waals surface area contributed by atoms with Gasteiger partial charge in [-0.1, -0.05) is 0 Å². The molecule has 13 heavy (non-hydrogen) atoms. The topological polar surface area (TPSA) is 64.7 Å². The number of hydrogen-bond acceptors (Lipinski definition) is 4. The molecule has 0 saturated carbocycles. The van der Waals surface area contributed by atoms with Crippen LogP contribution in [0.25, 0.3) is 11.1 Å². The third-order valence-corrected chi connectivity index (χ3v) is 1.74. The standard InChI is InChI=1S/C9H8N4/c10-9-8(3-6-12-13-9)7-1-4-11-5-2-7/h1-6H,(H2,10,13). The van der Waals surface area contributed by atoms with Gasteiger partial charge in [0.2, 0.25) is 0 Å². The molecule has 0 spiro atoms. The van der Waals surface area contributed by atoms with Crippen molar-refractivity contribution in [2.75, 3.05) is 5.73 Å². The van der Waals surface area contributed by atoms with E-state index in [1.807, 2.05) is 18.2 Å². The van der Waals surface area contributed by atoms with Crippen LogP contribution in [0.2, 0.25) is 0 Å². The predicted octanol–water partition coefficient (Wildman–Crippen LogP) is 1.12. The molecular formula is C9H8N4. The highest BCUT2D eigenvalue weighted by Crippen LogP contribution is 2.21. The van der Waals surface area contributed by atoms with Crippen molar-refractivity contribution in [1.29, 1.82) is 0 Å². The number of anilines is 1. The van der Waals surface area contributed by atoms with Crippen LogP contribution in [0.3, 0.4) is 0 Å². The summed E-state index contributed by atoms with van der Waals surface area (Å²) in [6.45, 7) is 0.